The number of anilines is 2. The summed E-state index contributed by atoms with van der Waals surface area (Å²) in [5, 5.41) is 7.45. The first kappa shape index (κ1) is 21.0. The second-order valence-corrected chi connectivity index (χ2v) is 8.37. The van der Waals surface area contributed by atoms with Gasteiger partial charge in [-0.1, -0.05) is 60.7 Å². The number of hydrogen-bond donors (Lipinski definition) is 3. The Balaban J connectivity index is 1.39. The molecule has 0 unspecified atom stereocenters. The Morgan fingerprint density at radius 2 is 1.73 bits per heavy atom. The van der Waals surface area contributed by atoms with Crippen LogP contribution in [0.15, 0.2) is 85.1 Å². The van der Waals surface area contributed by atoms with Crippen molar-refractivity contribution in [3.8, 4) is 0 Å². The van der Waals surface area contributed by atoms with E-state index in [9.17, 15) is 9.59 Å². The van der Waals surface area contributed by atoms with E-state index >= 15 is 0 Å². The van der Waals surface area contributed by atoms with Crippen molar-refractivity contribution in [1.82, 2.24) is 10.3 Å². The summed E-state index contributed by atoms with van der Waals surface area (Å²) < 4.78 is 0. The third-order valence-electron chi connectivity index (χ3n) is 6.23. The molecule has 0 aliphatic carbocycles. The predicted octanol–water partition coefficient (Wildman–Crippen LogP) is 4.26. The number of hydrogen-bond acceptors (Lipinski definition) is 3. The molecule has 2 atom stereocenters. The van der Waals surface area contributed by atoms with Crippen LogP contribution in [0.5, 0.6) is 0 Å². The smallest absolute Gasteiger partial charge is 0.244 e. The van der Waals surface area contributed by atoms with E-state index < -0.39 is 6.04 Å². The number of amides is 2. The highest BCUT2D eigenvalue weighted by Crippen LogP contribution is 2.31. The van der Waals surface area contributed by atoms with Crippen molar-refractivity contribution in [3.63, 3.8) is 0 Å². The van der Waals surface area contributed by atoms with Gasteiger partial charge in [-0.15, -0.1) is 0 Å². The van der Waals surface area contributed by atoms with Crippen LogP contribution in [-0.4, -0.2) is 35.9 Å². The van der Waals surface area contributed by atoms with Crippen LogP contribution in [-0.2, 0) is 9.59 Å². The maximum atomic E-state index is 13.3. The van der Waals surface area contributed by atoms with Crippen LogP contribution in [0.2, 0.25) is 0 Å². The van der Waals surface area contributed by atoms with E-state index in [2.05, 4.69) is 46.1 Å². The number of nitrogens with one attached hydrogen (secondary N) is 3. The van der Waals surface area contributed by atoms with Gasteiger partial charge in [0.1, 0.15) is 6.54 Å². The largest absolute Gasteiger partial charge is 0.361 e. The van der Waals surface area contributed by atoms with E-state index in [0.29, 0.717) is 12.2 Å². The van der Waals surface area contributed by atoms with Crippen molar-refractivity contribution < 1.29 is 9.59 Å². The van der Waals surface area contributed by atoms with E-state index in [4.69, 9.17) is 0 Å². The first-order valence-electron chi connectivity index (χ1n) is 11.2. The number of fused-ring (bicyclic) bond motifs is 2. The highest BCUT2D eigenvalue weighted by atomic mass is 16.2. The first-order valence-corrected chi connectivity index (χ1v) is 11.2. The summed E-state index contributed by atoms with van der Waals surface area (Å²) in [5.41, 5.74) is 4.85. The fraction of sp³-hybridized carbons (Fsp3) is 0.185. The molecule has 0 radical (unpaired) electrons. The zero-order valence-electron chi connectivity index (χ0n) is 18.4. The van der Waals surface area contributed by atoms with Crippen molar-refractivity contribution >= 4 is 34.1 Å². The molecule has 2 amide bonds. The van der Waals surface area contributed by atoms with Crippen LogP contribution in [0.1, 0.15) is 24.0 Å². The standard InChI is InChI=1S/C27H26N4O2/c1-18(27(33)31-17-26(32)30-24-13-7-8-14-25(24)31)28-15-21(19-9-3-2-4-10-19)22-16-29-23-12-6-5-11-20(22)23/h2-14,16,18,21,28-29H,15,17H2,1H3,(H,30,32)/t18-,21-/m1/s1. The number of carbonyl (C=O) groups is 2. The third kappa shape index (κ3) is 4.13. The Labute approximate surface area is 192 Å². The molecule has 3 aromatic carbocycles. The molecule has 3 N–H and O–H groups in total. The number of H-pyrrole nitrogens is 1. The lowest BCUT2D eigenvalue weighted by atomic mass is 9.90. The van der Waals surface area contributed by atoms with Crippen molar-refractivity contribution in [2.24, 2.45) is 0 Å². The average molecular weight is 439 g/mol. The van der Waals surface area contributed by atoms with Crippen LogP contribution >= 0.6 is 0 Å². The molecular formula is C27H26N4O2. The molecule has 0 saturated heterocycles. The van der Waals surface area contributed by atoms with Crippen LogP contribution < -0.4 is 15.5 Å². The van der Waals surface area contributed by atoms with Crippen molar-refractivity contribution in [1.29, 1.82) is 0 Å². The molecule has 1 aromatic heterocycles. The zero-order chi connectivity index (χ0) is 22.8. The van der Waals surface area contributed by atoms with Gasteiger partial charge in [0.05, 0.1) is 17.4 Å². The predicted molar refractivity (Wildman–Crippen MR) is 131 cm³/mol. The zero-order valence-corrected chi connectivity index (χ0v) is 18.4. The van der Waals surface area contributed by atoms with Crippen molar-refractivity contribution in [2.45, 2.75) is 18.9 Å². The van der Waals surface area contributed by atoms with E-state index in [1.165, 1.54) is 16.5 Å². The van der Waals surface area contributed by atoms with E-state index in [-0.39, 0.29) is 24.3 Å². The van der Waals surface area contributed by atoms with Gasteiger partial charge in [-0.25, -0.2) is 0 Å². The number of aromatic nitrogens is 1. The Kier molecular flexibility index (Phi) is 5.67. The summed E-state index contributed by atoms with van der Waals surface area (Å²) in [7, 11) is 0. The SMILES string of the molecule is C[C@@H](NC[C@H](c1ccccc1)c1c[nH]c2ccccc12)C(=O)N1CC(=O)Nc2ccccc21. The minimum Gasteiger partial charge on any atom is -0.361 e. The van der Waals surface area contributed by atoms with Gasteiger partial charge < -0.3 is 15.6 Å². The van der Waals surface area contributed by atoms with Crippen LogP contribution in [0.4, 0.5) is 11.4 Å². The molecule has 1 aliphatic heterocycles. The lowest BCUT2D eigenvalue weighted by Gasteiger charge is -2.31. The van der Waals surface area contributed by atoms with Gasteiger partial charge in [0.25, 0.3) is 0 Å². The molecule has 0 bridgehead atoms. The van der Waals surface area contributed by atoms with Gasteiger partial charge in [0.2, 0.25) is 11.8 Å². The van der Waals surface area contributed by atoms with Crippen LogP contribution in [0.3, 0.4) is 0 Å². The van der Waals surface area contributed by atoms with Crippen molar-refractivity contribution in [2.75, 3.05) is 23.3 Å². The lowest BCUT2D eigenvalue weighted by Crippen LogP contribution is -2.50. The number of aromatic amines is 1. The first-order chi connectivity index (χ1) is 16.1. The van der Waals surface area contributed by atoms with Crippen LogP contribution in [0.25, 0.3) is 10.9 Å². The summed E-state index contributed by atoms with van der Waals surface area (Å²) in [6.45, 7) is 2.46. The third-order valence-corrected chi connectivity index (χ3v) is 6.23. The minimum atomic E-state index is -0.458. The molecule has 1 aliphatic rings. The minimum absolute atomic E-state index is 0.0203. The van der Waals surface area contributed by atoms with Gasteiger partial charge in [-0.2, -0.15) is 0 Å². The van der Waals surface area contributed by atoms with E-state index in [1.54, 1.807) is 4.90 Å². The maximum absolute atomic E-state index is 13.3. The molecule has 6 heteroatoms. The Morgan fingerprint density at radius 1 is 1.00 bits per heavy atom. The fourth-order valence-corrected chi connectivity index (χ4v) is 4.52. The summed E-state index contributed by atoms with van der Waals surface area (Å²) in [6.07, 6.45) is 2.06. The number of benzene rings is 3. The van der Waals surface area contributed by atoms with E-state index in [1.807, 2.05) is 61.5 Å². The van der Waals surface area contributed by atoms with Gasteiger partial charge in [-0.3, -0.25) is 14.5 Å². The topological polar surface area (TPSA) is 77.2 Å². The molecule has 5 rings (SSSR count). The van der Waals surface area contributed by atoms with Gasteiger partial charge in [0.15, 0.2) is 0 Å². The lowest BCUT2D eigenvalue weighted by molar-refractivity contribution is -0.123. The summed E-state index contributed by atoms with van der Waals surface area (Å²) in [5.74, 6) is -0.243. The fourth-order valence-electron chi connectivity index (χ4n) is 4.52. The number of para-hydroxylation sites is 3. The quantitative estimate of drug-likeness (QED) is 0.421. The molecule has 2 heterocycles. The Hall–Kier alpha value is -3.90. The molecule has 6 nitrogen and oxygen atoms in total. The highest BCUT2D eigenvalue weighted by molar-refractivity contribution is 6.11. The van der Waals surface area contributed by atoms with E-state index in [0.717, 1.165) is 11.2 Å². The molecule has 33 heavy (non-hydrogen) atoms. The molecule has 4 aromatic rings. The summed E-state index contributed by atoms with van der Waals surface area (Å²) in [6, 6.07) is 25.5. The number of carbonyl (C=O) groups excluding carboxylic acids is 2. The summed E-state index contributed by atoms with van der Waals surface area (Å²) in [4.78, 5) is 30.4. The molecular weight excluding hydrogens is 412 g/mol. The van der Waals surface area contributed by atoms with Crippen LogP contribution in [0, 0.1) is 0 Å². The summed E-state index contributed by atoms with van der Waals surface area (Å²) >= 11 is 0. The molecule has 166 valence electrons. The highest BCUT2D eigenvalue weighted by Gasteiger charge is 2.30. The number of rotatable bonds is 6. The van der Waals surface area contributed by atoms with Gasteiger partial charge >= 0.3 is 0 Å². The second kappa shape index (κ2) is 8.92. The maximum Gasteiger partial charge on any atom is 0.244 e. The monoisotopic (exact) mass is 438 g/mol. The molecule has 0 fully saturated rings. The average Bonchev–Trinajstić information content (AvgIpc) is 3.28. The Morgan fingerprint density at radius 3 is 2.58 bits per heavy atom. The Bertz CT molecular complexity index is 1300. The normalized spacial score (nSPS) is 15.1. The van der Waals surface area contributed by atoms with Crippen molar-refractivity contribution in [3.05, 3.63) is 96.2 Å². The number of nitrogens with zero attached hydrogens (tertiary/aromatic N) is 1. The molecule has 0 spiro atoms. The molecule has 0 saturated carbocycles. The van der Waals surface area contributed by atoms with Gasteiger partial charge in [0, 0.05) is 29.6 Å². The second-order valence-electron chi connectivity index (χ2n) is 8.37. The van der Waals surface area contributed by atoms with Gasteiger partial charge in [-0.05, 0) is 36.2 Å².